The van der Waals surface area contributed by atoms with E-state index in [2.05, 4.69) is 4.72 Å². The van der Waals surface area contributed by atoms with Gasteiger partial charge in [-0.3, -0.25) is 9.59 Å². The van der Waals surface area contributed by atoms with Crippen LogP contribution in [0.2, 0.25) is 0 Å². The van der Waals surface area contributed by atoms with Gasteiger partial charge in [-0.15, -0.1) is 0 Å². The second kappa shape index (κ2) is 10.8. The first-order valence-electron chi connectivity index (χ1n) is 12.0. The van der Waals surface area contributed by atoms with Crippen LogP contribution in [-0.4, -0.2) is 31.3 Å². The number of sulfonamides is 1. The van der Waals surface area contributed by atoms with Crippen LogP contribution in [0.5, 0.6) is 5.75 Å². The van der Waals surface area contributed by atoms with Crippen LogP contribution in [0.3, 0.4) is 0 Å². The van der Waals surface area contributed by atoms with Crippen molar-refractivity contribution in [3.8, 4) is 16.9 Å². The van der Waals surface area contributed by atoms with Gasteiger partial charge in [-0.1, -0.05) is 44.2 Å². The van der Waals surface area contributed by atoms with Crippen molar-refractivity contribution in [2.75, 3.05) is 0 Å². The summed E-state index contributed by atoms with van der Waals surface area (Å²) in [6.07, 6.45) is 2.29. The molecule has 0 heterocycles. The number of nitrogens with one attached hydrogen (secondary N) is 1. The number of carbonyl (C=O) groups excluding carboxylic acids is 1. The monoisotopic (exact) mass is 525 g/mol. The molecular formula is C28H28FNO6S. The van der Waals surface area contributed by atoms with E-state index in [0.717, 1.165) is 41.7 Å². The van der Waals surface area contributed by atoms with Crippen LogP contribution < -0.4 is 9.46 Å². The van der Waals surface area contributed by atoms with Crippen LogP contribution in [0.25, 0.3) is 11.1 Å². The van der Waals surface area contributed by atoms with Gasteiger partial charge in [-0.25, -0.2) is 12.8 Å². The number of rotatable bonds is 9. The maximum absolute atomic E-state index is 14.8. The molecule has 0 aromatic heterocycles. The first-order valence-corrected chi connectivity index (χ1v) is 13.5. The third-order valence-corrected chi connectivity index (χ3v) is 7.83. The molecule has 0 saturated carbocycles. The first kappa shape index (κ1) is 26.5. The zero-order chi connectivity index (χ0) is 26.7. The summed E-state index contributed by atoms with van der Waals surface area (Å²) >= 11 is 0. The van der Waals surface area contributed by atoms with Gasteiger partial charge in [0.1, 0.15) is 29.1 Å². The van der Waals surface area contributed by atoms with E-state index in [4.69, 9.17) is 4.74 Å². The normalized spacial score (nSPS) is 14.3. The van der Waals surface area contributed by atoms with E-state index in [9.17, 15) is 27.5 Å². The van der Waals surface area contributed by atoms with E-state index in [1.807, 2.05) is 24.3 Å². The minimum Gasteiger partial charge on any atom is -0.489 e. The molecule has 0 saturated heterocycles. The minimum atomic E-state index is -4.37. The van der Waals surface area contributed by atoms with Crippen molar-refractivity contribution in [3.05, 3.63) is 83.2 Å². The molecule has 0 radical (unpaired) electrons. The predicted octanol–water partition coefficient (Wildman–Crippen LogP) is 4.98. The molecule has 0 spiro atoms. The number of aryl methyl sites for hydroxylation is 1. The number of halogens is 1. The third kappa shape index (κ3) is 6.06. The number of aliphatic carboxylic acids is 1. The van der Waals surface area contributed by atoms with Crippen LogP contribution in [0.1, 0.15) is 48.2 Å². The fourth-order valence-electron chi connectivity index (χ4n) is 4.27. The van der Waals surface area contributed by atoms with Crippen LogP contribution in [0.4, 0.5) is 4.39 Å². The van der Waals surface area contributed by atoms with Crippen molar-refractivity contribution < 1.29 is 32.2 Å². The number of ether oxygens (including phenoxy) is 1. The number of benzene rings is 3. The Hall–Kier alpha value is -3.56. The van der Waals surface area contributed by atoms with Crippen molar-refractivity contribution in [2.24, 2.45) is 5.92 Å². The van der Waals surface area contributed by atoms with Crippen molar-refractivity contribution in [1.29, 1.82) is 0 Å². The largest absolute Gasteiger partial charge is 0.489 e. The van der Waals surface area contributed by atoms with Gasteiger partial charge in [0.05, 0.1) is 0 Å². The van der Waals surface area contributed by atoms with Gasteiger partial charge in [0.2, 0.25) is 10.0 Å². The number of hydrogen-bond donors (Lipinski definition) is 2. The topological polar surface area (TPSA) is 110 Å². The molecule has 1 atom stereocenters. The van der Waals surface area contributed by atoms with Gasteiger partial charge in [-0.05, 0) is 71.3 Å². The lowest BCUT2D eigenvalue weighted by Gasteiger charge is -2.18. The fourth-order valence-corrected chi connectivity index (χ4v) is 5.67. The van der Waals surface area contributed by atoms with Crippen molar-refractivity contribution in [3.63, 3.8) is 0 Å². The molecule has 0 aliphatic heterocycles. The summed E-state index contributed by atoms with van der Waals surface area (Å²) in [4.78, 5) is 22.7. The molecule has 2 N–H and O–H groups in total. The number of fused-ring (bicyclic) bond motifs is 1. The molecule has 0 amide bonds. The van der Waals surface area contributed by atoms with Crippen LogP contribution in [0.15, 0.2) is 65.6 Å². The third-order valence-electron chi connectivity index (χ3n) is 6.36. The summed E-state index contributed by atoms with van der Waals surface area (Å²) in [5.41, 5.74) is 3.81. The molecule has 0 fully saturated rings. The highest BCUT2D eigenvalue weighted by molar-refractivity contribution is 7.89. The smallest absolute Gasteiger partial charge is 0.322 e. The van der Waals surface area contributed by atoms with E-state index in [0.29, 0.717) is 29.9 Å². The van der Waals surface area contributed by atoms with Crippen LogP contribution in [0, 0.1) is 11.7 Å². The van der Waals surface area contributed by atoms with E-state index >= 15 is 0 Å². The molecule has 1 aliphatic carbocycles. The van der Waals surface area contributed by atoms with Gasteiger partial charge in [0.15, 0.2) is 5.78 Å². The fraction of sp³-hybridized carbons (Fsp3) is 0.286. The highest BCUT2D eigenvalue weighted by Gasteiger charge is 2.29. The Morgan fingerprint density at radius 2 is 1.73 bits per heavy atom. The molecular weight excluding hydrogens is 497 g/mol. The molecule has 7 nitrogen and oxygen atoms in total. The van der Waals surface area contributed by atoms with Crippen molar-refractivity contribution in [2.45, 2.75) is 50.7 Å². The second-order valence-electron chi connectivity index (χ2n) is 9.41. The Kier molecular flexibility index (Phi) is 7.75. The number of hydrogen-bond acceptors (Lipinski definition) is 5. The van der Waals surface area contributed by atoms with Gasteiger partial charge in [0.25, 0.3) is 0 Å². The standard InChI is InChI=1S/C28H28FNO6S/c1-17(2)27(28(32)33)30-37(34,35)26-13-10-20(15-24(26)29)19-8-6-18(7-9-19)16-36-22-11-12-23-21(14-22)4-3-5-25(23)31/h6-15,17,27,30H,3-5,16H2,1-2H3,(H,32,33)/t27-/m1/s1. The van der Waals surface area contributed by atoms with E-state index in [-0.39, 0.29) is 5.78 Å². The van der Waals surface area contributed by atoms with E-state index in [1.54, 1.807) is 32.0 Å². The Morgan fingerprint density at radius 3 is 2.38 bits per heavy atom. The summed E-state index contributed by atoms with van der Waals surface area (Å²) in [7, 11) is -4.37. The highest BCUT2D eigenvalue weighted by Crippen LogP contribution is 2.27. The quantitative estimate of drug-likeness (QED) is 0.408. The predicted molar refractivity (Wildman–Crippen MR) is 136 cm³/mol. The summed E-state index contributed by atoms with van der Waals surface area (Å²) in [5, 5.41) is 9.26. The molecule has 9 heteroatoms. The average molecular weight is 526 g/mol. The lowest BCUT2D eigenvalue weighted by Crippen LogP contribution is -2.44. The maximum atomic E-state index is 14.8. The van der Waals surface area contributed by atoms with Crippen LogP contribution in [-0.2, 0) is 27.8 Å². The summed E-state index contributed by atoms with van der Waals surface area (Å²) < 4.78 is 48.0. The molecule has 194 valence electrons. The molecule has 4 rings (SSSR count). The molecule has 37 heavy (non-hydrogen) atoms. The molecule has 0 unspecified atom stereocenters. The maximum Gasteiger partial charge on any atom is 0.322 e. The summed E-state index contributed by atoms with van der Waals surface area (Å²) in [6, 6.07) is 15.1. The second-order valence-corrected chi connectivity index (χ2v) is 11.1. The number of carboxylic acids is 1. The first-order chi connectivity index (χ1) is 17.5. The Bertz CT molecular complexity index is 1430. The lowest BCUT2D eigenvalue weighted by molar-refractivity contribution is -0.140. The van der Waals surface area contributed by atoms with E-state index in [1.165, 1.54) is 6.07 Å². The zero-order valence-electron chi connectivity index (χ0n) is 20.5. The Balaban J connectivity index is 1.44. The average Bonchev–Trinajstić information content (AvgIpc) is 2.86. The van der Waals surface area contributed by atoms with Gasteiger partial charge in [-0.2, -0.15) is 4.72 Å². The SMILES string of the molecule is CC(C)[C@@H](NS(=O)(=O)c1ccc(-c2ccc(COc3ccc4c(c3)CCCC4=O)cc2)cc1F)C(=O)O. The summed E-state index contributed by atoms with van der Waals surface area (Å²) in [5.74, 6) is -1.97. The van der Waals surface area contributed by atoms with Crippen LogP contribution >= 0.6 is 0 Å². The Labute approximate surface area is 215 Å². The number of carbonyl (C=O) groups is 2. The van der Waals surface area contributed by atoms with Crippen molar-refractivity contribution >= 4 is 21.8 Å². The van der Waals surface area contributed by atoms with Crippen molar-refractivity contribution in [1.82, 2.24) is 4.72 Å². The number of Topliss-reactive ketones (excluding diaryl/α,β-unsaturated/α-hetero) is 1. The van der Waals surface area contributed by atoms with Gasteiger partial charge >= 0.3 is 5.97 Å². The molecule has 3 aromatic rings. The highest BCUT2D eigenvalue weighted by atomic mass is 32.2. The van der Waals surface area contributed by atoms with Gasteiger partial charge < -0.3 is 9.84 Å². The Morgan fingerprint density at radius 1 is 1.03 bits per heavy atom. The summed E-state index contributed by atoms with van der Waals surface area (Å²) in [6.45, 7) is 3.43. The zero-order valence-corrected chi connectivity index (χ0v) is 21.3. The minimum absolute atomic E-state index is 0.168. The number of carboxylic acid groups (broad SMARTS) is 1. The lowest BCUT2D eigenvalue weighted by atomic mass is 9.90. The number of ketones is 1. The van der Waals surface area contributed by atoms with E-state index < -0.39 is 38.7 Å². The molecule has 3 aromatic carbocycles. The van der Waals surface area contributed by atoms with Gasteiger partial charge in [0, 0.05) is 12.0 Å². The molecule has 0 bridgehead atoms. The molecule has 1 aliphatic rings.